The van der Waals surface area contributed by atoms with Crippen molar-refractivity contribution in [2.45, 2.75) is 63.1 Å². The number of hydrogen-bond donors (Lipinski definition) is 3. The molecule has 3 aromatic rings. The number of pyridine rings is 1. The van der Waals surface area contributed by atoms with Gasteiger partial charge in [0.05, 0.1) is 11.2 Å². The molecule has 33 heavy (non-hydrogen) atoms. The Bertz CT molecular complexity index is 1150. The van der Waals surface area contributed by atoms with Crippen molar-refractivity contribution in [3.63, 3.8) is 0 Å². The summed E-state index contributed by atoms with van der Waals surface area (Å²) in [6, 6.07) is 1.80. The standard InChI is InChI=1S/C23H26ClFN6O2/c24-13-8-16-17(11-27-20(16)26-10-13)21-28-12-18(25)22(31-21)29-14-4-3-5-15(9-14)30-23(32)19-6-1-2-7-33-19/h8,10-12,14-15,19H,1-7,9H2,(H,26,27)(H,30,32)(H,28,29,31). The molecular formula is C23H26ClFN6O2. The fraction of sp³-hybridized carbons (Fsp3) is 0.478. The molecule has 3 aromatic heterocycles. The van der Waals surface area contributed by atoms with Gasteiger partial charge in [-0.2, -0.15) is 0 Å². The molecule has 3 atom stereocenters. The van der Waals surface area contributed by atoms with Crippen molar-refractivity contribution in [1.82, 2.24) is 25.3 Å². The second-order valence-corrected chi connectivity index (χ2v) is 9.15. The average molecular weight is 473 g/mol. The molecule has 3 unspecified atom stereocenters. The van der Waals surface area contributed by atoms with Crippen LogP contribution in [-0.2, 0) is 9.53 Å². The number of rotatable bonds is 5. The Morgan fingerprint density at radius 2 is 2.03 bits per heavy atom. The Hall–Kier alpha value is -2.78. The topological polar surface area (TPSA) is 105 Å². The zero-order valence-electron chi connectivity index (χ0n) is 18.1. The van der Waals surface area contributed by atoms with Gasteiger partial charge in [-0.1, -0.05) is 11.6 Å². The first-order valence-electron chi connectivity index (χ1n) is 11.4. The number of halogens is 2. The summed E-state index contributed by atoms with van der Waals surface area (Å²) in [5.74, 6) is -0.0276. The molecule has 1 aliphatic heterocycles. The minimum absolute atomic E-state index is 0.00680. The highest BCUT2D eigenvalue weighted by Crippen LogP contribution is 2.29. The summed E-state index contributed by atoms with van der Waals surface area (Å²) in [5.41, 5.74) is 1.36. The van der Waals surface area contributed by atoms with Crippen molar-refractivity contribution in [2.24, 2.45) is 0 Å². The fourth-order valence-electron chi connectivity index (χ4n) is 4.65. The lowest BCUT2D eigenvalue weighted by Gasteiger charge is -2.32. The second kappa shape index (κ2) is 9.61. The van der Waals surface area contributed by atoms with E-state index in [4.69, 9.17) is 16.3 Å². The van der Waals surface area contributed by atoms with Gasteiger partial charge in [0, 0.05) is 42.0 Å². The minimum Gasteiger partial charge on any atom is -0.368 e. The Labute approximate surface area is 195 Å². The number of carbonyl (C=O) groups is 1. The zero-order valence-corrected chi connectivity index (χ0v) is 18.9. The highest BCUT2D eigenvalue weighted by atomic mass is 35.5. The Morgan fingerprint density at radius 3 is 2.88 bits per heavy atom. The third-order valence-electron chi connectivity index (χ3n) is 6.32. The van der Waals surface area contributed by atoms with Crippen molar-refractivity contribution < 1.29 is 13.9 Å². The van der Waals surface area contributed by atoms with E-state index in [9.17, 15) is 9.18 Å². The van der Waals surface area contributed by atoms with E-state index in [-0.39, 0.29) is 29.9 Å². The summed E-state index contributed by atoms with van der Waals surface area (Å²) >= 11 is 6.09. The molecule has 1 aliphatic carbocycles. The minimum atomic E-state index is -0.517. The van der Waals surface area contributed by atoms with Crippen molar-refractivity contribution in [1.29, 1.82) is 0 Å². The van der Waals surface area contributed by atoms with Gasteiger partial charge in [-0.05, 0) is 51.0 Å². The van der Waals surface area contributed by atoms with Crippen LogP contribution in [0.2, 0.25) is 5.02 Å². The number of hydrogen-bond acceptors (Lipinski definition) is 6. The molecule has 2 aliphatic rings. The van der Waals surface area contributed by atoms with Gasteiger partial charge >= 0.3 is 0 Å². The summed E-state index contributed by atoms with van der Waals surface area (Å²) in [6.45, 7) is 0.640. The molecule has 5 rings (SSSR count). The lowest BCUT2D eigenvalue weighted by Crippen LogP contribution is -2.47. The lowest BCUT2D eigenvalue weighted by molar-refractivity contribution is -0.136. The highest BCUT2D eigenvalue weighted by molar-refractivity contribution is 6.31. The third-order valence-corrected chi connectivity index (χ3v) is 6.52. The van der Waals surface area contributed by atoms with Crippen LogP contribution in [-0.4, -0.2) is 50.6 Å². The van der Waals surface area contributed by atoms with Crippen molar-refractivity contribution >= 4 is 34.4 Å². The van der Waals surface area contributed by atoms with Gasteiger partial charge in [0.25, 0.3) is 0 Å². The lowest BCUT2D eigenvalue weighted by atomic mass is 9.90. The van der Waals surface area contributed by atoms with Crippen molar-refractivity contribution in [3.05, 3.63) is 35.5 Å². The fourth-order valence-corrected chi connectivity index (χ4v) is 4.81. The maximum Gasteiger partial charge on any atom is 0.249 e. The van der Waals surface area contributed by atoms with Gasteiger partial charge in [0.2, 0.25) is 5.91 Å². The quantitative estimate of drug-likeness (QED) is 0.513. The average Bonchev–Trinajstić information content (AvgIpc) is 3.24. The Morgan fingerprint density at radius 1 is 1.15 bits per heavy atom. The summed E-state index contributed by atoms with van der Waals surface area (Å²) < 4.78 is 20.2. The first-order chi connectivity index (χ1) is 16.1. The number of carbonyl (C=O) groups excluding carboxylic acids is 1. The summed E-state index contributed by atoms with van der Waals surface area (Å²) in [6.07, 6.45) is 10.3. The summed E-state index contributed by atoms with van der Waals surface area (Å²) in [4.78, 5) is 28.5. The molecule has 0 aromatic carbocycles. The van der Waals surface area contributed by atoms with Crippen LogP contribution in [0.1, 0.15) is 44.9 Å². The molecule has 0 spiro atoms. The number of nitrogens with zero attached hydrogens (tertiary/aromatic N) is 3. The van der Waals surface area contributed by atoms with Gasteiger partial charge in [0.15, 0.2) is 17.5 Å². The number of ether oxygens (including phenoxy) is 1. The molecule has 3 N–H and O–H groups in total. The molecule has 8 nitrogen and oxygen atoms in total. The maximum absolute atomic E-state index is 14.6. The van der Waals surface area contributed by atoms with Crippen LogP contribution in [0.15, 0.2) is 24.7 Å². The van der Waals surface area contributed by atoms with E-state index in [1.807, 2.05) is 0 Å². The molecule has 4 heterocycles. The zero-order chi connectivity index (χ0) is 22.8. The number of anilines is 1. The second-order valence-electron chi connectivity index (χ2n) is 8.71. The summed E-state index contributed by atoms with van der Waals surface area (Å²) in [7, 11) is 0. The maximum atomic E-state index is 14.6. The first-order valence-corrected chi connectivity index (χ1v) is 11.8. The van der Waals surface area contributed by atoms with E-state index in [1.165, 1.54) is 6.20 Å². The molecular weight excluding hydrogens is 447 g/mol. The van der Waals surface area contributed by atoms with Crippen LogP contribution in [0.5, 0.6) is 0 Å². The van der Waals surface area contributed by atoms with Gasteiger partial charge < -0.3 is 20.4 Å². The van der Waals surface area contributed by atoms with Crippen LogP contribution in [0.3, 0.4) is 0 Å². The van der Waals surface area contributed by atoms with E-state index in [1.54, 1.807) is 18.5 Å². The van der Waals surface area contributed by atoms with Crippen molar-refractivity contribution in [3.8, 4) is 11.4 Å². The predicted molar refractivity (Wildman–Crippen MR) is 123 cm³/mol. The smallest absolute Gasteiger partial charge is 0.249 e. The Kier molecular flexibility index (Phi) is 6.41. The molecule has 0 radical (unpaired) electrons. The van der Waals surface area contributed by atoms with Crippen LogP contribution in [0.25, 0.3) is 22.4 Å². The van der Waals surface area contributed by atoms with Crippen LogP contribution < -0.4 is 10.6 Å². The number of amides is 1. The molecule has 2 fully saturated rings. The number of aromatic amines is 1. The van der Waals surface area contributed by atoms with Gasteiger partial charge in [-0.25, -0.2) is 19.3 Å². The van der Waals surface area contributed by atoms with Gasteiger partial charge in [-0.15, -0.1) is 0 Å². The number of nitrogens with one attached hydrogen (secondary N) is 3. The van der Waals surface area contributed by atoms with E-state index >= 15 is 0 Å². The molecule has 0 bridgehead atoms. The van der Waals surface area contributed by atoms with E-state index < -0.39 is 5.82 Å². The molecule has 1 amide bonds. The molecule has 10 heteroatoms. The number of fused-ring (bicyclic) bond motifs is 1. The Balaban J connectivity index is 1.28. The highest BCUT2D eigenvalue weighted by Gasteiger charge is 2.28. The van der Waals surface area contributed by atoms with E-state index in [2.05, 4.69) is 30.6 Å². The molecule has 1 saturated heterocycles. The van der Waals surface area contributed by atoms with E-state index in [0.29, 0.717) is 35.1 Å². The third kappa shape index (κ3) is 4.94. The number of aromatic nitrogens is 4. The van der Waals surface area contributed by atoms with Gasteiger partial charge in [-0.3, -0.25) is 4.79 Å². The monoisotopic (exact) mass is 472 g/mol. The first kappa shape index (κ1) is 22.0. The largest absolute Gasteiger partial charge is 0.368 e. The molecule has 1 saturated carbocycles. The van der Waals surface area contributed by atoms with Crippen LogP contribution in [0.4, 0.5) is 10.2 Å². The van der Waals surface area contributed by atoms with E-state index in [0.717, 1.165) is 43.9 Å². The summed E-state index contributed by atoms with van der Waals surface area (Å²) in [5, 5.41) is 7.62. The number of H-pyrrole nitrogens is 1. The normalized spacial score (nSPS) is 23.4. The van der Waals surface area contributed by atoms with Crippen LogP contribution >= 0.6 is 11.6 Å². The van der Waals surface area contributed by atoms with Gasteiger partial charge in [0.1, 0.15) is 11.8 Å². The predicted octanol–water partition coefficient (Wildman–Crippen LogP) is 4.22. The van der Waals surface area contributed by atoms with Crippen LogP contribution in [0, 0.1) is 5.82 Å². The molecule has 174 valence electrons. The van der Waals surface area contributed by atoms with Crippen molar-refractivity contribution in [2.75, 3.05) is 11.9 Å². The SMILES string of the molecule is O=C(NC1CCCC(Nc2nc(-c3c[nH]c4ncc(Cl)cc34)ncc2F)C1)C1CCCCO1.